The van der Waals surface area contributed by atoms with Gasteiger partial charge >= 0.3 is 5.97 Å². The maximum atomic E-state index is 12.9. The third-order valence-corrected chi connectivity index (χ3v) is 7.41. The normalized spacial score (nSPS) is 10.8. The van der Waals surface area contributed by atoms with Gasteiger partial charge in [-0.1, -0.05) is 90.4 Å². The summed E-state index contributed by atoms with van der Waals surface area (Å²) in [4.78, 5) is 33.9. The number of carbonyl (C=O) groups excluding carboxylic acids is 1. The van der Waals surface area contributed by atoms with Crippen molar-refractivity contribution in [3.63, 3.8) is 0 Å². The average Bonchev–Trinajstić information content (AvgIpc) is 3.03. The third kappa shape index (κ3) is 13.4. The monoisotopic (exact) mass is 620 g/mol. The topological polar surface area (TPSA) is 131 Å². The van der Waals surface area contributed by atoms with Crippen LogP contribution in [-0.2, 0) is 4.74 Å². The highest BCUT2D eigenvalue weighted by Gasteiger charge is 2.14. The molecule has 0 radical (unpaired) electrons. The molecule has 0 aromatic heterocycles. The fraction of sp³-hybridized carbons (Fsp3) is 0.457. The lowest BCUT2D eigenvalue weighted by atomic mass is 10.0. The van der Waals surface area contributed by atoms with E-state index >= 15 is 0 Å². The minimum Gasteiger partial charge on any atom is -0.462 e. The Bertz CT molecular complexity index is 1270. The quantitative estimate of drug-likeness (QED) is 0.0469. The summed E-state index contributed by atoms with van der Waals surface area (Å²) in [5.41, 5.74) is 0.0485. The van der Waals surface area contributed by atoms with Gasteiger partial charge in [0, 0.05) is 30.3 Å². The van der Waals surface area contributed by atoms with Crippen LogP contribution in [0.1, 0.15) is 107 Å². The molecular formula is C35H44N2O8. The maximum Gasteiger partial charge on any atom is 0.338 e. The third-order valence-electron chi connectivity index (χ3n) is 7.41. The zero-order valence-electron chi connectivity index (χ0n) is 26.1. The van der Waals surface area contributed by atoms with Crippen molar-refractivity contribution >= 4 is 17.3 Å². The fourth-order valence-electron chi connectivity index (χ4n) is 4.90. The van der Waals surface area contributed by atoms with E-state index in [4.69, 9.17) is 14.2 Å². The van der Waals surface area contributed by atoms with Crippen molar-refractivity contribution in [2.45, 2.75) is 96.8 Å². The highest BCUT2D eigenvalue weighted by molar-refractivity contribution is 5.90. The van der Waals surface area contributed by atoms with Gasteiger partial charge in [-0.2, -0.15) is 0 Å². The molecule has 0 atom stereocenters. The summed E-state index contributed by atoms with van der Waals surface area (Å²) < 4.78 is 17.3. The number of esters is 1. The predicted octanol–water partition coefficient (Wildman–Crippen LogP) is 10.7. The summed E-state index contributed by atoms with van der Waals surface area (Å²) in [6, 6.07) is 15.7. The molecule has 3 rings (SSSR count). The molecule has 0 aliphatic carbocycles. The van der Waals surface area contributed by atoms with Gasteiger partial charge < -0.3 is 14.2 Å². The van der Waals surface area contributed by atoms with E-state index in [1.54, 1.807) is 6.07 Å². The first-order valence-electron chi connectivity index (χ1n) is 16.0. The van der Waals surface area contributed by atoms with Crippen LogP contribution in [0.3, 0.4) is 0 Å². The van der Waals surface area contributed by atoms with Crippen molar-refractivity contribution in [1.82, 2.24) is 0 Å². The Labute approximate surface area is 265 Å². The lowest BCUT2D eigenvalue weighted by Crippen LogP contribution is -2.07. The lowest BCUT2D eigenvalue weighted by Gasteiger charge is -2.12. The van der Waals surface area contributed by atoms with E-state index in [2.05, 4.69) is 6.92 Å². The molecular weight excluding hydrogens is 576 g/mol. The number of nitro benzene ring substituents is 2. The first-order valence-corrected chi connectivity index (χ1v) is 16.0. The van der Waals surface area contributed by atoms with Gasteiger partial charge in [0.05, 0.1) is 22.0 Å². The second-order valence-corrected chi connectivity index (χ2v) is 11.1. The standard InChI is InChI=1S/C35H44N2O8/c1-2-3-4-5-6-7-8-9-10-11-12-13-14-15-24-43-35(38)28-25-33(44-31-20-16-29(17-21-31)36(39)40)27-34(26-28)45-32-22-18-30(19-23-32)37(41)42/h16-23,25-27H,2-15,24H2,1H3. The van der Waals surface area contributed by atoms with E-state index in [1.165, 1.54) is 131 Å². The molecule has 0 fully saturated rings. The van der Waals surface area contributed by atoms with E-state index in [0.717, 1.165) is 19.3 Å². The summed E-state index contributed by atoms with van der Waals surface area (Å²) in [6.07, 6.45) is 17.4. The molecule has 3 aromatic rings. The zero-order valence-corrected chi connectivity index (χ0v) is 26.1. The number of nitro groups is 2. The fourth-order valence-corrected chi connectivity index (χ4v) is 4.90. The Balaban J connectivity index is 1.48. The van der Waals surface area contributed by atoms with Crippen LogP contribution in [0.25, 0.3) is 0 Å². The van der Waals surface area contributed by atoms with Crippen LogP contribution in [0.5, 0.6) is 23.0 Å². The molecule has 0 heterocycles. The zero-order chi connectivity index (χ0) is 32.3. The summed E-state index contributed by atoms with van der Waals surface area (Å²) in [6.45, 7) is 2.54. The van der Waals surface area contributed by atoms with E-state index in [9.17, 15) is 25.0 Å². The summed E-state index contributed by atoms with van der Waals surface area (Å²) in [7, 11) is 0. The molecule has 45 heavy (non-hydrogen) atoms. The van der Waals surface area contributed by atoms with Crippen molar-refractivity contribution in [3.05, 3.63) is 92.5 Å². The molecule has 0 unspecified atom stereocenters. The van der Waals surface area contributed by atoms with E-state index in [1.807, 2.05) is 0 Å². The molecule has 0 saturated heterocycles. The molecule has 0 bridgehead atoms. The van der Waals surface area contributed by atoms with Crippen LogP contribution in [0.4, 0.5) is 11.4 Å². The molecule has 3 aromatic carbocycles. The lowest BCUT2D eigenvalue weighted by molar-refractivity contribution is -0.385. The second-order valence-electron chi connectivity index (χ2n) is 11.1. The number of carbonyl (C=O) groups is 1. The number of non-ortho nitro benzene ring substituents is 2. The minimum atomic E-state index is -0.535. The van der Waals surface area contributed by atoms with Crippen LogP contribution in [0, 0.1) is 20.2 Å². The van der Waals surface area contributed by atoms with Crippen molar-refractivity contribution in [3.8, 4) is 23.0 Å². The molecule has 0 amide bonds. The first-order chi connectivity index (χ1) is 21.9. The molecule has 0 N–H and O–H groups in total. The Hall–Kier alpha value is -4.47. The van der Waals surface area contributed by atoms with Gasteiger partial charge in [0.25, 0.3) is 11.4 Å². The average molecular weight is 621 g/mol. The van der Waals surface area contributed by atoms with Gasteiger partial charge in [0.2, 0.25) is 0 Å². The number of rotatable bonds is 22. The largest absolute Gasteiger partial charge is 0.462 e. The summed E-state index contributed by atoms with van der Waals surface area (Å²) in [5, 5.41) is 22.0. The molecule has 0 aliphatic rings. The highest BCUT2D eigenvalue weighted by atomic mass is 16.6. The van der Waals surface area contributed by atoms with E-state index in [-0.39, 0.29) is 28.4 Å². The van der Waals surface area contributed by atoms with Crippen LogP contribution in [0.15, 0.2) is 66.7 Å². The second kappa shape index (κ2) is 19.7. The number of ether oxygens (including phenoxy) is 3. The highest BCUT2D eigenvalue weighted by Crippen LogP contribution is 2.32. The maximum absolute atomic E-state index is 12.9. The minimum absolute atomic E-state index is 0.0784. The molecule has 10 nitrogen and oxygen atoms in total. The van der Waals surface area contributed by atoms with Crippen molar-refractivity contribution < 1.29 is 28.9 Å². The molecule has 10 heteroatoms. The van der Waals surface area contributed by atoms with E-state index in [0.29, 0.717) is 18.1 Å². The summed E-state index contributed by atoms with van der Waals surface area (Å²) >= 11 is 0. The van der Waals surface area contributed by atoms with Crippen LogP contribution in [-0.4, -0.2) is 22.4 Å². The van der Waals surface area contributed by atoms with Crippen LogP contribution in [0.2, 0.25) is 0 Å². The Morgan fingerprint density at radius 2 is 0.933 bits per heavy atom. The molecule has 0 spiro atoms. The molecule has 242 valence electrons. The van der Waals surface area contributed by atoms with Gasteiger partial charge in [-0.3, -0.25) is 20.2 Å². The molecule has 0 aliphatic heterocycles. The molecule has 0 saturated carbocycles. The Morgan fingerprint density at radius 3 is 1.31 bits per heavy atom. The number of benzene rings is 3. The van der Waals surface area contributed by atoms with Gasteiger partial charge in [0.1, 0.15) is 23.0 Å². The SMILES string of the molecule is CCCCCCCCCCCCCCCCOC(=O)c1cc(Oc2ccc([N+](=O)[O-])cc2)cc(Oc2ccc([N+](=O)[O-])cc2)c1. The van der Waals surface area contributed by atoms with Gasteiger partial charge in [0.15, 0.2) is 0 Å². The van der Waals surface area contributed by atoms with Crippen molar-refractivity contribution in [2.75, 3.05) is 6.61 Å². The van der Waals surface area contributed by atoms with Crippen molar-refractivity contribution in [2.24, 2.45) is 0 Å². The smallest absolute Gasteiger partial charge is 0.338 e. The number of hydrogen-bond donors (Lipinski definition) is 0. The Kier molecular flexibility index (Phi) is 15.4. The first kappa shape index (κ1) is 35.0. The van der Waals surface area contributed by atoms with Gasteiger partial charge in [-0.15, -0.1) is 0 Å². The van der Waals surface area contributed by atoms with Gasteiger partial charge in [-0.05, 0) is 42.8 Å². The Morgan fingerprint density at radius 1 is 0.556 bits per heavy atom. The van der Waals surface area contributed by atoms with Gasteiger partial charge in [-0.25, -0.2) is 4.79 Å². The number of nitrogens with zero attached hydrogens (tertiary/aromatic N) is 2. The van der Waals surface area contributed by atoms with Crippen molar-refractivity contribution in [1.29, 1.82) is 0 Å². The number of unbranched alkanes of at least 4 members (excludes halogenated alkanes) is 13. The van der Waals surface area contributed by atoms with E-state index < -0.39 is 15.8 Å². The number of hydrogen-bond acceptors (Lipinski definition) is 8. The predicted molar refractivity (Wildman–Crippen MR) is 173 cm³/mol. The van der Waals surface area contributed by atoms with Crippen LogP contribution < -0.4 is 9.47 Å². The summed E-state index contributed by atoms with van der Waals surface area (Å²) in [5.74, 6) is 0.635. The van der Waals surface area contributed by atoms with Crippen LogP contribution >= 0.6 is 0 Å².